The van der Waals surface area contributed by atoms with E-state index in [0.717, 1.165) is 10.5 Å². The summed E-state index contributed by atoms with van der Waals surface area (Å²) in [5.41, 5.74) is -3.04. The van der Waals surface area contributed by atoms with E-state index in [2.05, 4.69) is 0 Å². The maximum Gasteiger partial charge on any atom is 0.420 e. The van der Waals surface area contributed by atoms with Crippen molar-refractivity contribution in [2.75, 3.05) is 6.54 Å². The number of rotatable bonds is 9. The molecule has 1 aromatic rings. The predicted octanol–water partition coefficient (Wildman–Crippen LogP) is 7.61. The maximum absolute atomic E-state index is 13.4. The van der Waals surface area contributed by atoms with E-state index in [4.69, 9.17) is 23.7 Å². The molecule has 12 heteroatoms. The summed E-state index contributed by atoms with van der Waals surface area (Å²) in [6.07, 6.45) is -3.67. The molecule has 0 aliphatic carbocycles. The van der Waals surface area contributed by atoms with Crippen molar-refractivity contribution in [3.63, 3.8) is 0 Å². The molecule has 1 aromatic carbocycles. The molecule has 0 aliphatic rings. The van der Waals surface area contributed by atoms with Gasteiger partial charge in [-0.15, -0.1) is 0 Å². The van der Waals surface area contributed by atoms with Gasteiger partial charge in [0, 0.05) is 6.54 Å². The van der Waals surface area contributed by atoms with Gasteiger partial charge < -0.3 is 23.7 Å². The fourth-order valence-corrected chi connectivity index (χ4v) is 3.65. The van der Waals surface area contributed by atoms with Gasteiger partial charge >= 0.3 is 30.3 Å². The number of carbonyl (C=O) groups is 5. The molecule has 0 saturated heterocycles. The van der Waals surface area contributed by atoms with Crippen molar-refractivity contribution in [3.8, 4) is 0 Å². The van der Waals surface area contributed by atoms with E-state index in [0.29, 0.717) is 4.90 Å². The van der Waals surface area contributed by atoms with Crippen molar-refractivity contribution < 1.29 is 47.7 Å². The average molecular weight is 637 g/mol. The molecule has 1 rings (SSSR count). The molecule has 4 amide bonds. The third kappa shape index (κ3) is 16.2. The Labute approximate surface area is 267 Å². The Bertz CT molecular complexity index is 1130. The third-order valence-electron chi connectivity index (χ3n) is 5.32. The molecule has 0 saturated carbocycles. The average Bonchev–Trinajstić information content (AvgIpc) is 2.82. The van der Waals surface area contributed by atoms with E-state index in [-0.39, 0.29) is 32.4 Å². The smallest absolute Gasteiger partial charge is 0.420 e. The van der Waals surface area contributed by atoms with Crippen LogP contribution in [0.1, 0.15) is 108 Å². The summed E-state index contributed by atoms with van der Waals surface area (Å²) in [5.74, 6) is -0.842. The minimum atomic E-state index is -1.42. The Morgan fingerprint density at radius 1 is 0.600 bits per heavy atom. The Balaban J connectivity index is 3.24. The summed E-state index contributed by atoms with van der Waals surface area (Å²) in [5, 5.41) is 0. The normalized spacial score (nSPS) is 12.8. The number of unbranched alkanes of at least 4 members (excludes halogenated alkanes) is 1. The van der Waals surface area contributed by atoms with Gasteiger partial charge in [0.25, 0.3) is 0 Å². The number of nitrogens with zero attached hydrogens (tertiary/aromatic N) is 2. The first-order valence-electron chi connectivity index (χ1n) is 15.1. The topological polar surface area (TPSA) is 138 Å². The van der Waals surface area contributed by atoms with E-state index in [1.807, 2.05) is 6.07 Å². The lowest BCUT2D eigenvalue weighted by Gasteiger charge is -2.33. The molecule has 0 N–H and O–H groups in total. The van der Waals surface area contributed by atoms with E-state index >= 15 is 0 Å². The van der Waals surface area contributed by atoms with Gasteiger partial charge in [-0.3, -0.25) is 0 Å². The number of ether oxygens (including phenoxy) is 5. The van der Waals surface area contributed by atoms with Gasteiger partial charge in [0.2, 0.25) is 0 Å². The van der Waals surface area contributed by atoms with Crippen LogP contribution in [0, 0.1) is 0 Å². The molecule has 1 unspecified atom stereocenters. The molecule has 0 aliphatic heterocycles. The minimum absolute atomic E-state index is 0.0551. The largest absolute Gasteiger partial charge is 0.458 e. The van der Waals surface area contributed by atoms with Crippen LogP contribution in [0.3, 0.4) is 0 Å². The van der Waals surface area contributed by atoms with Crippen LogP contribution in [0.2, 0.25) is 0 Å². The van der Waals surface area contributed by atoms with Gasteiger partial charge in [-0.05, 0) is 108 Å². The van der Waals surface area contributed by atoms with Crippen molar-refractivity contribution in [3.05, 3.63) is 35.9 Å². The van der Waals surface area contributed by atoms with E-state index in [1.54, 1.807) is 107 Å². The second-order valence-corrected chi connectivity index (χ2v) is 14.5. The second-order valence-electron chi connectivity index (χ2n) is 14.5. The first-order valence-corrected chi connectivity index (χ1v) is 15.1. The Morgan fingerprint density at radius 2 is 1.04 bits per heavy atom. The molecule has 0 radical (unpaired) electrons. The van der Waals surface area contributed by atoms with Crippen LogP contribution < -0.4 is 0 Å². The minimum Gasteiger partial charge on any atom is -0.458 e. The molecule has 12 nitrogen and oxygen atoms in total. The molecule has 0 fully saturated rings. The quantitative estimate of drug-likeness (QED) is 0.151. The number of benzene rings is 1. The number of imide groups is 2. The van der Waals surface area contributed by atoms with Crippen LogP contribution in [0.15, 0.2) is 30.3 Å². The zero-order valence-corrected chi connectivity index (χ0v) is 29.0. The first kappa shape index (κ1) is 39.2. The standard InChI is InChI=1S/C33H52N2O10/c1-30(2,3)42-25(36)24(35(28(39)44-32(7,8)9)29(40)45-33(10,11)12)20-16-17-21-34(27(38)43-31(4,5)6)26(37)41-22-23-18-14-13-15-19-23/h13-15,18-19,24H,16-17,20-22H2,1-12H3. The van der Waals surface area contributed by atoms with Crippen LogP contribution in [-0.2, 0) is 35.1 Å². The monoisotopic (exact) mass is 636 g/mol. The van der Waals surface area contributed by atoms with Crippen molar-refractivity contribution >= 4 is 30.3 Å². The highest BCUT2D eigenvalue weighted by Gasteiger charge is 2.42. The molecule has 0 bridgehead atoms. The molecule has 0 heterocycles. The van der Waals surface area contributed by atoms with E-state index in [1.165, 1.54) is 0 Å². The zero-order valence-electron chi connectivity index (χ0n) is 29.0. The van der Waals surface area contributed by atoms with Gasteiger partial charge in [0.15, 0.2) is 0 Å². The zero-order chi connectivity index (χ0) is 34.8. The fourth-order valence-electron chi connectivity index (χ4n) is 3.65. The summed E-state index contributed by atoms with van der Waals surface area (Å²) < 4.78 is 27.3. The van der Waals surface area contributed by atoms with Gasteiger partial charge in [-0.1, -0.05) is 30.3 Å². The van der Waals surface area contributed by atoms with Crippen molar-refractivity contribution in [1.82, 2.24) is 9.80 Å². The van der Waals surface area contributed by atoms with Gasteiger partial charge in [0.1, 0.15) is 35.1 Å². The lowest BCUT2D eigenvalue weighted by atomic mass is 10.1. The van der Waals surface area contributed by atoms with Crippen molar-refractivity contribution in [2.45, 2.75) is 137 Å². The molecular formula is C33H52N2O10. The highest BCUT2D eigenvalue weighted by atomic mass is 16.6. The highest BCUT2D eigenvalue weighted by Crippen LogP contribution is 2.23. The second kappa shape index (κ2) is 15.9. The number of carbonyl (C=O) groups excluding carboxylic acids is 5. The van der Waals surface area contributed by atoms with Gasteiger partial charge in [-0.2, -0.15) is 4.90 Å². The Morgan fingerprint density at radius 3 is 1.49 bits per heavy atom. The molecule has 0 spiro atoms. The highest BCUT2D eigenvalue weighted by molar-refractivity contribution is 5.94. The van der Waals surface area contributed by atoms with Crippen LogP contribution in [0.5, 0.6) is 0 Å². The molecule has 0 aromatic heterocycles. The number of amides is 4. The predicted molar refractivity (Wildman–Crippen MR) is 167 cm³/mol. The SMILES string of the molecule is CC(C)(C)OC(=O)C(CCCCN(C(=O)OCc1ccccc1)C(=O)OC(C)(C)C)N(C(=O)OC(C)(C)C)C(=O)OC(C)(C)C. The van der Waals surface area contributed by atoms with E-state index in [9.17, 15) is 24.0 Å². The van der Waals surface area contributed by atoms with Crippen LogP contribution in [0.25, 0.3) is 0 Å². The van der Waals surface area contributed by atoms with Gasteiger partial charge in [0.05, 0.1) is 0 Å². The first-order chi connectivity index (χ1) is 20.4. The Hall–Kier alpha value is -3.83. The summed E-state index contributed by atoms with van der Waals surface area (Å²) in [7, 11) is 0. The summed E-state index contributed by atoms with van der Waals surface area (Å²) in [6, 6.07) is 7.57. The van der Waals surface area contributed by atoms with E-state index < -0.39 is 58.8 Å². The number of hydrogen-bond acceptors (Lipinski definition) is 10. The molecular weight excluding hydrogens is 584 g/mol. The molecule has 45 heavy (non-hydrogen) atoms. The molecule has 254 valence electrons. The fraction of sp³-hybridized carbons (Fsp3) is 0.667. The summed E-state index contributed by atoms with van der Waals surface area (Å²) >= 11 is 0. The number of esters is 1. The summed E-state index contributed by atoms with van der Waals surface area (Å²) in [4.78, 5) is 67.4. The van der Waals surface area contributed by atoms with Crippen molar-refractivity contribution in [2.24, 2.45) is 0 Å². The van der Waals surface area contributed by atoms with Crippen LogP contribution in [-0.4, -0.2) is 75.1 Å². The van der Waals surface area contributed by atoms with Crippen molar-refractivity contribution in [1.29, 1.82) is 0 Å². The van der Waals surface area contributed by atoms with Gasteiger partial charge in [-0.25, -0.2) is 28.9 Å². The summed E-state index contributed by atoms with van der Waals surface area (Å²) in [6.45, 7) is 19.6. The lowest BCUT2D eigenvalue weighted by molar-refractivity contribution is -0.161. The maximum atomic E-state index is 13.4. The van der Waals surface area contributed by atoms with Crippen LogP contribution >= 0.6 is 0 Å². The molecule has 1 atom stereocenters. The van der Waals surface area contributed by atoms with Crippen LogP contribution in [0.4, 0.5) is 19.2 Å². The lowest BCUT2D eigenvalue weighted by Crippen LogP contribution is -2.53. The number of hydrogen-bond donors (Lipinski definition) is 0. The Kier molecular flexibility index (Phi) is 13.9. The third-order valence-corrected chi connectivity index (χ3v) is 5.32.